The highest BCUT2D eigenvalue weighted by molar-refractivity contribution is 7.89. The Balaban J connectivity index is 2.03. The summed E-state index contributed by atoms with van der Waals surface area (Å²) in [6.45, 7) is 3.80. The molecule has 5 heteroatoms. The van der Waals surface area contributed by atoms with E-state index in [9.17, 15) is 8.42 Å². The van der Waals surface area contributed by atoms with Gasteiger partial charge in [-0.15, -0.1) is 0 Å². The first-order chi connectivity index (χ1) is 8.62. The third-order valence-electron chi connectivity index (χ3n) is 3.97. The van der Waals surface area contributed by atoms with Gasteiger partial charge in [0.2, 0.25) is 10.0 Å². The quantitative estimate of drug-likeness (QED) is 0.838. The summed E-state index contributed by atoms with van der Waals surface area (Å²) in [6.07, 6.45) is 1.80. The lowest BCUT2D eigenvalue weighted by molar-refractivity contribution is 0.229. The van der Waals surface area contributed by atoms with Crippen LogP contribution in [0, 0.1) is 0 Å². The molecule has 0 aliphatic carbocycles. The van der Waals surface area contributed by atoms with Gasteiger partial charge in [0.15, 0.2) is 0 Å². The van der Waals surface area contributed by atoms with E-state index in [0.29, 0.717) is 4.90 Å². The van der Waals surface area contributed by atoms with E-state index in [1.165, 1.54) is 0 Å². The van der Waals surface area contributed by atoms with Gasteiger partial charge in [0.1, 0.15) is 0 Å². The Bertz CT molecular complexity index is 550. The van der Waals surface area contributed by atoms with Crippen LogP contribution in [0.25, 0.3) is 0 Å². The van der Waals surface area contributed by atoms with Crippen molar-refractivity contribution < 1.29 is 8.42 Å². The number of hydrogen-bond acceptors (Lipinski definition) is 3. The second kappa shape index (κ2) is 4.33. The van der Waals surface area contributed by atoms with Crippen molar-refractivity contribution in [1.29, 1.82) is 0 Å². The number of piperidine rings is 1. The lowest BCUT2D eigenvalue weighted by Gasteiger charge is -2.33. The van der Waals surface area contributed by atoms with E-state index in [4.69, 9.17) is 0 Å². The summed E-state index contributed by atoms with van der Waals surface area (Å²) < 4.78 is 26.9. The Morgan fingerprint density at radius 1 is 1.22 bits per heavy atom. The Morgan fingerprint density at radius 2 is 1.89 bits per heavy atom. The second-order valence-electron chi connectivity index (χ2n) is 5.03. The molecule has 1 atom stereocenters. The first-order valence-corrected chi connectivity index (χ1v) is 7.89. The zero-order valence-corrected chi connectivity index (χ0v) is 11.3. The molecule has 1 saturated heterocycles. The average molecular weight is 266 g/mol. The summed E-state index contributed by atoms with van der Waals surface area (Å²) in [5, 5.41) is 3.28. The number of sulfonamides is 1. The van der Waals surface area contributed by atoms with Gasteiger partial charge in [-0.1, -0.05) is 18.2 Å². The van der Waals surface area contributed by atoms with Crippen molar-refractivity contribution in [3.05, 3.63) is 29.8 Å². The highest BCUT2D eigenvalue weighted by Crippen LogP contribution is 2.41. The SMILES string of the molecule is CC1c2ccccc2S(=O)(=O)N1C1CCNCC1. The maximum Gasteiger partial charge on any atom is 0.244 e. The molecule has 0 spiro atoms. The fourth-order valence-electron chi connectivity index (χ4n) is 3.09. The van der Waals surface area contributed by atoms with Gasteiger partial charge in [0.25, 0.3) is 0 Å². The second-order valence-corrected chi connectivity index (χ2v) is 6.84. The normalized spacial score (nSPS) is 28.2. The Kier molecular flexibility index (Phi) is 2.92. The standard InChI is InChI=1S/C13H18N2O2S/c1-10-12-4-2-3-5-13(12)18(16,17)15(10)11-6-8-14-9-7-11/h2-5,10-11,14H,6-9H2,1H3. The molecule has 2 heterocycles. The van der Waals surface area contributed by atoms with E-state index in [-0.39, 0.29) is 12.1 Å². The van der Waals surface area contributed by atoms with Gasteiger partial charge in [-0.3, -0.25) is 0 Å². The molecule has 0 radical (unpaired) electrons. The van der Waals surface area contributed by atoms with Crippen molar-refractivity contribution >= 4 is 10.0 Å². The highest BCUT2D eigenvalue weighted by atomic mass is 32.2. The predicted molar refractivity (Wildman–Crippen MR) is 69.8 cm³/mol. The molecular weight excluding hydrogens is 248 g/mol. The number of benzene rings is 1. The molecule has 1 aromatic rings. The van der Waals surface area contributed by atoms with Crippen LogP contribution in [0.3, 0.4) is 0 Å². The van der Waals surface area contributed by atoms with Crippen LogP contribution < -0.4 is 5.32 Å². The van der Waals surface area contributed by atoms with Crippen molar-refractivity contribution in [2.75, 3.05) is 13.1 Å². The molecule has 1 N–H and O–H groups in total. The molecule has 3 rings (SSSR count). The van der Waals surface area contributed by atoms with Crippen molar-refractivity contribution in [2.45, 2.75) is 36.7 Å². The predicted octanol–water partition coefficient (Wildman–Crippen LogP) is 1.50. The smallest absolute Gasteiger partial charge is 0.244 e. The summed E-state index contributed by atoms with van der Waals surface area (Å²) in [6, 6.07) is 7.47. The third kappa shape index (κ3) is 1.69. The molecule has 1 aromatic carbocycles. The minimum atomic E-state index is -3.29. The van der Waals surface area contributed by atoms with E-state index in [1.807, 2.05) is 19.1 Å². The van der Waals surface area contributed by atoms with Crippen LogP contribution in [0.1, 0.15) is 31.4 Å². The molecule has 98 valence electrons. The molecule has 0 amide bonds. The lowest BCUT2D eigenvalue weighted by Crippen LogP contribution is -2.44. The minimum absolute atomic E-state index is 0.0331. The largest absolute Gasteiger partial charge is 0.317 e. The Hall–Kier alpha value is -0.910. The Labute approximate surface area is 108 Å². The fraction of sp³-hybridized carbons (Fsp3) is 0.538. The fourth-order valence-corrected chi connectivity index (χ4v) is 5.24. The molecule has 0 aromatic heterocycles. The number of rotatable bonds is 1. The molecule has 2 aliphatic rings. The molecule has 1 unspecified atom stereocenters. The van der Waals surface area contributed by atoms with E-state index in [2.05, 4.69) is 5.32 Å². The topological polar surface area (TPSA) is 49.4 Å². The van der Waals surface area contributed by atoms with Gasteiger partial charge < -0.3 is 5.32 Å². The first-order valence-electron chi connectivity index (χ1n) is 6.45. The lowest BCUT2D eigenvalue weighted by atomic mass is 10.0. The van der Waals surface area contributed by atoms with Crippen LogP contribution in [-0.2, 0) is 10.0 Å². The van der Waals surface area contributed by atoms with Crippen LogP contribution in [-0.4, -0.2) is 31.9 Å². The van der Waals surface area contributed by atoms with E-state index < -0.39 is 10.0 Å². The summed E-state index contributed by atoms with van der Waals surface area (Å²) in [4.78, 5) is 0.496. The van der Waals surface area contributed by atoms with Gasteiger partial charge in [-0.25, -0.2) is 8.42 Å². The van der Waals surface area contributed by atoms with E-state index in [0.717, 1.165) is 31.5 Å². The molecule has 18 heavy (non-hydrogen) atoms. The van der Waals surface area contributed by atoms with E-state index in [1.54, 1.807) is 16.4 Å². The summed E-state index contributed by atoms with van der Waals surface area (Å²) in [7, 11) is -3.29. The average Bonchev–Trinajstić information content (AvgIpc) is 2.59. The molecular formula is C13H18N2O2S. The number of hydrogen-bond donors (Lipinski definition) is 1. The summed E-state index contributed by atoms with van der Waals surface area (Å²) in [5.74, 6) is 0. The minimum Gasteiger partial charge on any atom is -0.317 e. The first kappa shape index (κ1) is 12.1. The van der Waals surface area contributed by atoms with E-state index >= 15 is 0 Å². The molecule has 4 nitrogen and oxygen atoms in total. The molecule has 1 fully saturated rings. The van der Waals surface area contributed by atoms with Crippen LogP contribution >= 0.6 is 0 Å². The molecule has 2 aliphatic heterocycles. The zero-order valence-electron chi connectivity index (χ0n) is 10.5. The van der Waals surface area contributed by atoms with Gasteiger partial charge in [-0.05, 0) is 44.5 Å². The zero-order chi connectivity index (χ0) is 12.8. The molecule has 0 bridgehead atoms. The third-order valence-corrected chi connectivity index (χ3v) is 6.07. The number of nitrogens with one attached hydrogen (secondary N) is 1. The number of fused-ring (bicyclic) bond motifs is 1. The van der Waals surface area contributed by atoms with Crippen molar-refractivity contribution in [2.24, 2.45) is 0 Å². The van der Waals surface area contributed by atoms with Crippen molar-refractivity contribution in [3.63, 3.8) is 0 Å². The maximum atomic E-state index is 12.6. The van der Waals surface area contributed by atoms with Crippen LogP contribution in [0.5, 0.6) is 0 Å². The number of nitrogens with zero attached hydrogens (tertiary/aromatic N) is 1. The maximum absolute atomic E-state index is 12.6. The van der Waals surface area contributed by atoms with Crippen LogP contribution in [0.4, 0.5) is 0 Å². The van der Waals surface area contributed by atoms with Gasteiger partial charge >= 0.3 is 0 Å². The summed E-state index contributed by atoms with van der Waals surface area (Å²) >= 11 is 0. The Morgan fingerprint density at radius 3 is 2.56 bits per heavy atom. The van der Waals surface area contributed by atoms with Gasteiger partial charge in [-0.2, -0.15) is 4.31 Å². The van der Waals surface area contributed by atoms with Crippen LogP contribution in [0.2, 0.25) is 0 Å². The molecule has 0 saturated carbocycles. The van der Waals surface area contributed by atoms with Crippen molar-refractivity contribution in [3.8, 4) is 0 Å². The highest BCUT2D eigenvalue weighted by Gasteiger charge is 2.43. The van der Waals surface area contributed by atoms with Gasteiger partial charge in [0.05, 0.1) is 4.90 Å². The summed E-state index contributed by atoms with van der Waals surface area (Å²) in [5.41, 5.74) is 0.941. The van der Waals surface area contributed by atoms with Crippen molar-refractivity contribution in [1.82, 2.24) is 9.62 Å². The monoisotopic (exact) mass is 266 g/mol. The van der Waals surface area contributed by atoms with Gasteiger partial charge in [0, 0.05) is 12.1 Å². The van der Waals surface area contributed by atoms with Crippen LogP contribution in [0.15, 0.2) is 29.2 Å².